The molecule has 114 valence electrons. The van der Waals surface area contributed by atoms with Gasteiger partial charge in [0.1, 0.15) is 0 Å². The van der Waals surface area contributed by atoms with Gasteiger partial charge >= 0.3 is 0 Å². The van der Waals surface area contributed by atoms with Gasteiger partial charge in [0.25, 0.3) is 0 Å². The Labute approximate surface area is 134 Å². The average molecular weight is 314 g/mol. The molecule has 0 saturated heterocycles. The Morgan fingerprint density at radius 2 is 1.73 bits per heavy atom. The van der Waals surface area contributed by atoms with Crippen molar-refractivity contribution < 1.29 is 9.59 Å². The third-order valence-electron chi connectivity index (χ3n) is 3.19. The van der Waals surface area contributed by atoms with Crippen molar-refractivity contribution >= 4 is 29.3 Å². The van der Waals surface area contributed by atoms with Crippen LogP contribution in [0.15, 0.2) is 54.6 Å². The molecule has 0 spiro atoms. The minimum Gasteiger partial charge on any atom is -0.366 e. The summed E-state index contributed by atoms with van der Waals surface area (Å²) < 4.78 is 0. The van der Waals surface area contributed by atoms with Crippen LogP contribution in [0.2, 0.25) is 0 Å². The molecule has 2 aromatic rings. The number of thioether (sulfide) groups is 1. The topological polar surface area (TPSA) is 72.2 Å². The molecular formula is C17H18N2O2S. The fourth-order valence-corrected chi connectivity index (χ4v) is 2.76. The lowest BCUT2D eigenvalue weighted by Crippen LogP contribution is -2.15. The molecule has 2 amide bonds. The zero-order valence-corrected chi connectivity index (χ0v) is 13.1. The van der Waals surface area contributed by atoms with Crippen molar-refractivity contribution in [2.24, 2.45) is 5.73 Å². The van der Waals surface area contributed by atoms with Crippen LogP contribution in [-0.4, -0.2) is 17.6 Å². The third kappa shape index (κ3) is 4.63. The molecule has 0 aliphatic heterocycles. The van der Waals surface area contributed by atoms with Gasteiger partial charge in [0, 0.05) is 16.5 Å². The Bertz CT molecular complexity index is 641. The lowest BCUT2D eigenvalue weighted by Gasteiger charge is -2.11. The van der Waals surface area contributed by atoms with Crippen LogP contribution in [0.3, 0.4) is 0 Å². The summed E-state index contributed by atoms with van der Waals surface area (Å²) in [5, 5.41) is 3.06. The van der Waals surface area contributed by atoms with Crippen LogP contribution < -0.4 is 11.1 Å². The highest BCUT2D eigenvalue weighted by atomic mass is 32.2. The number of carbonyl (C=O) groups is 2. The molecule has 0 aliphatic carbocycles. The van der Waals surface area contributed by atoms with Gasteiger partial charge in [0.05, 0.1) is 5.75 Å². The normalized spacial score (nSPS) is 11.7. The first-order valence-electron chi connectivity index (χ1n) is 6.92. The van der Waals surface area contributed by atoms with Crippen molar-refractivity contribution in [3.8, 4) is 0 Å². The first kappa shape index (κ1) is 16.1. The summed E-state index contributed by atoms with van der Waals surface area (Å²) in [7, 11) is 0. The number of carbonyl (C=O) groups excluding carboxylic acids is 2. The van der Waals surface area contributed by atoms with E-state index in [2.05, 4.69) is 24.4 Å². The Hall–Kier alpha value is -2.27. The minimum atomic E-state index is -0.481. The zero-order valence-electron chi connectivity index (χ0n) is 12.3. The maximum absolute atomic E-state index is 11.9. The van der Waals surface area contributed by atoms with E-state index in [-0.39, 0.29) is 11.2 Å². The van der Waals surface area contributed by atoms with Crippen molar-refractivity contribution in [3.63, 3.8) is 0 Å². The lowest BCUT2D eigenvalue weighted by atomic mass is 10.2. The van der Waals surface area contributed by atoms with Crippen molar-refractivity contribution in [2.75, 3.05) is 11.1 Å². The molecule has 1 atom stereocenters. The average Bonchev–Trinajstić information content (AvgIpc) is 2.54. The monoisotopic (exact) mass is 314 g/mol. The van der Waals surface area contributed by atoms with Crippen LogP contribution in [0.4, 0.5) is 5.69 Å². The molecular weight excluding hydrogens is 296 g/mol. The maximum atomic E-state index is 11.9. The number of nitrogens with two attached hydrogens (primary N) is 1. The van der Waals surface area contributed by atoms with E-state index in [1.165, 1.54) is 5.56 Å². The smallest absolute Gasteiger partial charge is 0.248 e. The van der Waals surface area contributed by atoms with E-state index >= 15 is 0 Å². The van der Waals surface area contributed by atoms with Crippen molar-refractivity contribution in [2.45, 2.75) is 12.2 Å². The van der Waals surface area contributed by atoms with E-state index in [9.17, 15) is 9.59 Å². The predicted octanol–water partition coefficient (Wildman–Crippen LogP) is 3.22. The van der Waals surface area contributed by atoms with Gasteiger partial charge in [0.2, 0.25) is 11.8 Å². The van der Waals surface area contributed by atoms with Gasteiger partial charge in [-0.2, -0.15) is 0 Å². The van der Waals surface area contributed by atoms with E-state index in [1.54, 1.807) is 36.0 Å². The number of hydrogen-bond donors (Lipinski definition) is 2. The molecule has 3 N–H and O–H groups in total. The van der Waals surface area contributed by atoms with Gasteiger partial charge in [-0.3, -0.25) is 9.59 Å². The second-order valence-corrected chi connectivity index (χ2v) is 6.18. The molecule has 0 bridgehead atoms. The Morgan fingerprint density at radius 3 is 2.32 bits per heavy atom. The van der Waals surface area contributed by atoms with E-state index in [0.717, 1.165) is 0 Å². The number of hydrogen-bond acceptors (Lipinski definition) is 3. The molecule has 2 aromatic carbocycles. The van der Waals surface area contributed by atoms with E-state index < -0.39 is 5.91 Å². The predicted molar refractivity (Wildman–Crippen MR) is 90.9 cm³/mol. The summed E-state index contributed by atoms with van der Waals surface area (Å²) >= 11 is 1.58. The SMILES string of the molecule is C[C@H](SCC(=O)Nc1ccc(C(N)=O)cc1)c1ccccc1. The van der Waals surface area contributed by atoms with E-state index in [1.807, 2.05) is 18.2 Å². The number of benzene rings is 2. The second-order valence-electron chi connectivity index (χ2n) is 4.85. The summed E-state index contributed by atoms with van der Waals surface area (Å²) in [5.74, 6) is -0.182. The van der Waals surface area contributed by atoms with Gasteiger partial charge in [-0.15, -0.1) is 11.8 Å². The van der Waals surface area contributed by atoms with Crippen molar-refractivity contribution in [3.05, 3.63) is 65.7 Å². The molecule has 0 heterocycles. The molecule has 22 heavy (non-hydrogen) atoms. The largest absolute Gasteiger partial charge is 0.366 e. The standard InChI is InChI=1S/C17H18N2O2S/c1-12(13-5-3-2-4-6-13)22-11-16(20)19-15-9-7-14(8-10-15)17(18)21/h2-10,12H,11H2,1H3,(H2,18,21)(H,19,20)/t12-/m0/s1. The molecule has 4 nitrogen and oxygen atoms in total. The molecule has 0 aliphatic rings. The molecule has 2 rings (SSSR count). The van der Waals surface area contributed by atoms with E-state index in [0.29, 0.717) is 17.0 Å². The number of rotatable bonds is 6. The second kappa shape index (κ2) is 7.66. The number of primary amides is 1. The van der Waals surface area contributed by atoms with E-state index in [4.69, 9.17) is 5.73 Å². The maximum Gasteiger partial charge on any atom is 0.248 e. The molecule has 0 aromatic heterocycles. The van der Waals surface area contributed by atoms with Crippen LogP contribution >= 0.6 is 11.8 Å². The quantitative estimate of drug-likeness (QED) is 0.860. The molecule has 0 unspecified atom stereocenters. The van der Waals surface area contributed by atoms with Crippen molar-refractivity contribution in [1.29, 1.82) is 0 Å². The van der Waals surface area contributed by atoms with Gasteiger partial charge in [-0.1, -0.05) is 30.3 Å². The summed E-state index contributed by atoms with van der Waals surface area (Å²) in [5.41, 5.74) is 7.45. The first-order chi connectivity index (χ1) is 10.6. The van der Waals surface area contributed by atoms with Crippen LogP contribution in [0.25, 0.3) is 0 Å². The number of anilines is 1. The lowest BCUT2D eigenvalue weighted by molar-refractivity contribution is -0.113. The number of amides is 2. The number of nitrogens with one attached hydrogen (secondary N) is 1. The van der Waals surface area contributed by atoms with Crippen molar-refractivity contribution in [1.82, 2.24) is 0 Å². The fraction of sp³-hybridized carbons (Fsp3) is 0.176. The summed E-state index contributed by atoms with van der Waals surface area (Å²) in [6, 6.07) is 16.6. The molecule has 0 radical (unpaired) electrons. The van der Waals surface area contributed by atoms with Gasteiger partial charge in [-0.05, 0) is 36.8 Å². The molecule has 5 heteroatoms. The zero-order chi connectivity index (χ0) is 15.9. The highest BCUT2D eigenvalue weighted by molar-refractivity contribution is 8.00. The van der Waals surface area contributed by atoms with Crippen LogP contribution in [-0.2, 0) is 4.79 Å². The highest BCUT2D eigenvalue weighted by Crippen LogP contribution is 2.27. The van der Waals surface area contributed by atoms with Crippen LogP contribution in [0.5, 0.6) is 0 Å². The first-order valence-corrected chi connectivity index (χ1v) is 7.97. The summed E-state index contributed by atoms with van der Waals surface area (Å²) in [6.45, 7) is 2.08. The Kier molecular flexibility index (Phi) is 5.61. The van der Waals surface area contributed by atoms with Gasteiger partial charge < -0.3 is 11.1 Å². The van der Waals surface area contributed by atoms with Gasteiger partial charge in [-0.25, -0.2) is 0 Å². The molecule has 0 fully saturated rings. The van der Waals surface area contributed by atoms with Gasteiger partial charge in [0.15, 0.2) is 0 Å². The fourth-order valence-electron chi connectivity index (χ4n) is 1.94. The Morgan fingerprint density at radius 1 is 1.09 bits per heavy atom. The van der Waals surface area contributed by atoms with Crippen LogP contribution in [0, 0.1) is 0 Å². The molecule has 0 saturated carbocycles. The van der Waals surface area contributed by atoms with Crippen LogP contribution in [0.1, 0.15) is 28.1 Å². The third-order valence-corrected chi connectivity index (χ3v) is 4.39. The summed E-state index contributed by atoms with van der Waals surface area (Å²) in [6.07, 6.45) is 0. The highest BCUT2D eigenvalue weighted by Gasteiger charge is 2.09. The Balaban J connectivity index is 1.84. The minimum absolute atomic E-state index is 0.0698. The summed E-state index contributed by atoms with van der Waals surface area (Å²) in [4.78, 5) is 22.9.